The van der Waals surface area contributed by atoms with Crippen LogP contribution in [0.1, 0.15) is 22.3 Å². The second-order valence-electron chi connectivity index (χ2n) is 10.2. The molecule has 4 aromatic carbocycles. The summed E-state index contributed by atoms with van der Waals surface area (Å²) in [4.78, 5) is 17.8. The zero-order valence-electron chi connectivity index (χ0n) is 23.3. The van der Waals surface area contributed by atoms with E-state index in [-0.39, 0.29) is 0 Å². The van der Waals surface area contributed by atoms with E-state index in [1.807, 2.05) is 54.6 Å². The second-order valence-corrected chi connectivity index (χ2v) is 10.2. The Kier molecular flexibility index (Phi) is 6.46. The van der Waals surface area contributed by atoms with E-state index in [1.54, 1.807) is 18.2 Å². The van der Waals surface area contributed by atoms with E-state index < -0.39 is 0 Å². The van der Waals surface area contributed by atoms with E-state index in [9.17, 15) is 21.0 Å². The molecule has 3 heterocycles. The molecule has 206 valence electrons. The Bertz CT molecular complexity index is 2430. The fraction of sp³-hybridized carbons (Fsp3) is 0. The molecule has 0 aliphatic rings. The summed E-state index contributed by atoms with van der Waals surface area (Å²) in [5.74, 6) is 0.859. The second kappa shape index (κ2) is 10.9. The van der Waals surface area contributed by atoms with Gasteiger partial charge >= 0.3 is 0 Å². The molecule has 0 aliphatic heterocycles. The Labute approximate surface area is 256 Å². The van der Waals surface area contributed by atoms with Crippen LogP contribution in [0.4, 0.5) is 0 Å². The lowest BCUT2D eigenvalue weighted by molar-refractivity contribution is 1.12. The molecule has 7 rings (SSSR count). The minimum absolute atomic E-state index is 0.344. The van der Waals surface area contributed by atoms with Gasteiger partial charge in [0.25, 0.3) is 0 Å². The van der Waals surface area contributed by atoms with Crippen LogP contribution in [-0.4, -0.2) is 24.5 Å². The molecular weight excluding hydrogens is 558 g/mol. The highest BCUT2D eigenvalue weighted by Gasteiger charge is 2.19. The Morgan fingerprint density at radius 2 is 1.04 bits per heavy atom. The number of nitrogens with zero attached hydrogens (tertiary/aromatic N) is 9. The summed E-state index contributed by atoms with van der Waals surface area (Å²) in [6, 6.07) is 33.5. The number of fused-ring (bicyclic) bond motifs is 3. The highest BCUT2D eigenvalue weighted by atomic mass is 15.0. The maximum absolute atomic E-state index is 9.53. The van der Waals surface area contributed by atoms with Gasteiger partial charge in [-0.3, -0.25) is 0 Å². The summed E-state index contributed by atoms with van der Waals surface area (Å²) >= 11 is 0. The zero-order chi connectivity index (χ0) is 30.9. The zero-order valence-corrected chi connectivity index (χ0v) is 23.3. The fourth-order valence-corrected chi connectivity index (χ4v) is 5.44. The highest BCUT2D eigenvalue weighted by Crippen LogP contribution is 2.38. The van der Waals surface area contributed by atoms with Gasteiger partial charge in [-0.1, -0.05) is 24.3 Å². The van der Waals surface area contributed by atoms with Crippen LogP contribution in [0.3, 0.4) is 0 Å². The minimum Gasteiger partial charge on any atom is -0.309 e. The molecule has 0 radical (unpaired) electrons. The average Bonchev–Trinajstić information content (AvgIpc) is 3.44. The molecule has 9 nitrogen and oxygen atoms in total. The van der Waals surface area contributed by atoms with Crippen LogP contribution in [0.15, 0.2) is 104 Å². The van der Waals surface area contributed by atoms with Crippen LogP contribution in [0.2, 0.25) is 0 Å². The van der Waals surface area contributed by atoms with Gasteiger partial charge in [0, 0.05) is 46.7 Å². The minimum atomic E-state index is 0.344. The van der Waals surface area contributed by atoms with Gasteiger partial charge in [0.1, 0.15) is 12.1 Å². The van der Waals surface area contributed by atoms with E-state index >= 15 is 0 Å². The van der Waals surface area contributed by atoms with Crippen molar-refractivity contribution in [3.8, 4) is 63.9 Å². The first kappa shape index (κ1) is 26.7. The van der Waals surface area contributed by atoms with Crippen LogP contribution in [0, 0.1) is 45.3 Å². The molecule has 9 heteroatoms. The van der Waals surface area contributed by atoms with Crippen molar-refractivity contribution >= 4 is 21.8 Å². The third kappa shape index (κ3) is 4.66. The number of rotatable bonds is 4. The Balaban J connectivity index is 1.48. The number of hydrogen-bond donors (Lipinski definition) is 0. The predicted octanol–water partition coefficient (Wildman–Crippen LogP) is 6.85. The molecule has 0 atom stereocenters. The van der Waals surface area contributed by atoms with Crippen LogP contribution in [0.25, 0.3) is 61.4 Å². The number of aromatic nitrogens is 5. The summed E-state index contributed by atoms with van der Waals surface area (Å²) in [6.07, 6.45) is 5.93. The van der Waals surface area contributed by atoms with Gasteiger partial charge in [0.15, 0.2) is 11.6 Å². The van der Waals surface area contributed by atoms with E-state index in [4.69, 9.17) is 0 Å². The Hall–Kier alpha value is -7.20. The molecule has 45 heavy (non-hydrogen) atoms. The molecule has 3 aromatic heterocycles. The molecule has 0 saturated carbocycles. The average molecular weight is 576 g/mol. The van der Waals surface area contributed by atoms with Gasteiger partial charge < -0.3 is 4.57 Å². The van der Waals surface area contributed by atoms with Crippen LogP contribution in [0.5, 0.6) is 0 Å². The van der Waals surface area contributed by atoms with Crippen molar-refractivity contribution < 1.29 is 0 Å². The third-order valence-electron chi connectivity index (χ3n) is 7.50. The summed E-state index contributed by atoms with van der Waals surface area (Å²) in [7, 11) is 0. The molecule has 7 aromatic rings. The van der Waals surface area contributed by atoms with Crippen molar-refractivity contribution in [1.29, 1.82) is 21.0 Å². The SMILES string of the molecule is N#Cc1cnc(-c2ccc(-n3c4ccccc4c4cc(-c5cc(C#N)cc(C#N)c5)ccc43)c(-c3ncc(C#N)cn3)c2)nc1. The lowest BCUT2D eigenvalue weighted by Crippen LogP contribution is -2.01. The highest BCUT2D eigenvalue weighted by molar-refractivity contribution is 6.11. The van der Waals surface area contributed by atoms with Crippen molar-refractivity contribution in [2.75, 3.05) is 0 Å². The first-order valence-electron chi connectivity index (χ1n) is 13.7. The molecule has 0 unspecified atom stereocenters. The number of hydrogen-bond acceptors (Lipinski definition) is 8. The Morgan fingerprint density at radius 3 is 1.69 bits per heavy atom. The smallest absolute Gasteiger partial charge is 0.161 e. The molecule has 0 N–H and O–H groups in total. The molecule has 0 fully saturated rings. The maximum atomic E-state index is 9.53. The fourth-order valence-electron chi connectivity index (χ4n) is 5.44. The first-order valence-corrected chi connectivity index (χ1v) is 13.7. The van der Waals surface area contributed by atoms with Crippen molar-refractivity contribution in [1.82, 2.24) is 24.5 Å². The van der Waals surface area contributed by atoms with Crippen molar-refractivity contribution in [2.24, 2.45) is 0 Å². The van der Waals surface area contributed by atoms with Crippen molar-refractivity contribution in [3.63, 3.8) is 0 Å². The van der Waals surface area contributed by atoms with E-state index in [1.165, 1.54) is 24.8 Å². The van der Waals surface area contributed by atoms with Crippen molar-refractivity contribution in [2.45, 2.75) is 0 Å². The normalized spacial score (nSPS) is 10.6. The molecule has 0 amide bonds. The number of para-hydroxylation sites is 1. The van der Waals surface area contributed by atoms with Crippen LogP contribution in [-0.2, 0) is 0 Å². The van der Waals surface area contributed by atoms with Crippen molar-refractivity contribution in [3.05, 3.63) is 126 Å². The largest absolute Gasteiger partial charge is 0.309 e. The van der Waals surface area contributed by atoms with Gasteiger partial charge in [-0.2, -0.15) is 21.0 Å². The van der Waals surface area contributed by atoms with Gasteiger partial charge in [0.2, 0.25) is 0 Å². The molecular formula is C36H17N9. The third-order valence-corrected chi connectivity index (χ3v) is 7.50. The summed E-state index contributed by atoms with van der Waals surface area (Å²) in [6.45, 7) is 0. The van der Waals surface area contributed by atoms with Gasteiger partial charge in [-0.05, 0) is 65.7 Å². The van der Waals surface area contributed by atoms with Crippen LogP contribution < -0.4 is 0 Å². The summed E-state index contributed by atoms with van der Waals surface area (Å²) in [5, 5.41) is 39.6. The molecule has 0 spiro atoms. The molecule has 0 bridgehead atoms. The lowest BCUT2D eigenvalue weighted by Gasteiger charge is -2.15. The van der Waals surface area contributed by atoms with Gasteiger partial charge in [-0.25, -0.2) is 19.9 Å². The predicted molar refractivity (Wildman–Crippen MR) is 167 cm³/mol. The van der Waals surface area contributed by atoms with Gasteiger partial charge in [-0.15, -0.1) is 0 Å². The van der Waals surface area contributed by atoms with E-state index in [2.05, 4.69) is 54.8 Å². The van der Waals surface area contributed by atoms with Crippen LogP contribution >= 0.6 is 0 Å². The molecule has 0 aliphatic carbocycles. The quantitative estimate of drug-likeness (QED) is 0.221. The Morgan fingerprint density at radius 1 is 0.467 bits per heavy atom. The van der Waals surface area contributed by atoms with E-state index in [0.717, 1.165) is 38.6 Å². The number of benzene rings is 4. The summed E-state index contributed by atoms with van der Waals surface area (Å²) in [5.41, 5.74) is 7.28. The first-order chi connectivity index (χ1) is 22.1. The summed E-state index contributed by atoms with van der Waals surface area (Å²) < 4.78 is 2.14. The lowest BCUT2D eigenvalue weighted by atomic mass is 9.99. The van der Waals surface area contributed by atoms with Gasteiger partial charge in [0.05, 0.1) is 51.1 Å². The monoisotopic (exact) mass is 575 g/mol. The number of nitriles is 4. The maximum Gasteiger partial charge on any atom is 0.161 e. The standard InChI is InChI=1S/C36H17N9/c37-14-22-9-23(15-38)11-28(10-22)26-5-7-33-30(12-26)29-3-1-2-4-32(29)45(33)34-8-6-27(35-41-18-24(16-39)19-42-35)13-31(34)36-43-20-25(17-40)21-44-36/h1-13,18-21H. The topological polar surface area (TPSA) is 152 Å². The van der Waals surface area contributed by atoms with E-state index in [0.29, 0.717) is 45.0 Å². The molecule has 0 saturated heterocycles.